The van der Waals surface area contributed by atoms with Crippen LogP contribution in [0, 0.1) is 5.82 Å². The Balaban J connectivity index is 0.000000214. The molecule has 4 rings (SSSR count). The number of aromatic nitrogens is 1. The minimum absolute atomic E-state index is 0.110. The molecule has 3 aromatic carbocycles. The van der Waals surface area contributed by atoms with Crippen LogP contribution in [0.3, 0.4) is 0 Å². The number of anilines is 2. The van der Waals surface area contributed by atoms with Crippen LogP contribution in [-0.2, 0) is 11.0 Å². The lowest BCUT2D eigenvalue weighted by Gasteiger charge is -2.08. The molecular weight excluding hydrogens is 468 g/mol. The smallest absolute Gasteiger partial charge is 0.416 e. The molecule has 182 valence electrons. The van der Waals surface area contributed by atoms with E-state index in [1.165, 1.54) is 0 Å². The molecule has 11 heteroatoms. The standard InChI is InChI=1S/C16H15N3O2.C8H5F4NO/c1-18-10-4-2-9(3-5-10)14-12-7-6-11(20)8-13(12)19-15(14)16(17)21;9-6-2-1-5(8(10,11)12)3-7(6)13-4-14/h2-8,18-20H,1H3,(H2,17,21);1-4H,(H,13,14). The number of aromatic hydroxyl groups is 1. The fourth-order valence-corrected chi connectivity index (χ4v) is 3.35. The average molecular weight is 488 g/mol. The van der Waals surface area contributed by atoms with Crippen LogP contribution >= 0.6 is 0 Å². The Morgan fingerprint density at radius 2 is 1.74 bits per heavy atom. The number of hydrogen-bond donors (Lipinski definition) is 5. The Bertz CT molecular complexity index is 1370. The molecule has 4 aromatic rings. The lowest BCUT2D eigenvalue weighted by Crippen LogP contribution is -2.12. The lowest BCUT2D eigenvalue weighted by atomic mass is 10.0. The molecule has 7 nitrogen and oxygen atoms in total. The zero-order valence-corrected chi connectivity index (χ0v) is 18.2. The third-order valence-electron chi connectivity index (χ3n) is 5.00. The van der Waals surface area contributed by atoms with Gasteiger partial charge in [-0.15, -0.1) is 0 Å². The van der Waals surface area contributed by atoms with Crippen LogP contribution < -0.4 is 16.4 Å². The van der Waals surface area contributed by atoms with E-state index < -0.39 is 29.2 Å². The average Bonchev–Trinajstić information content (AvgIpc) is 3.19. The predicted octanol–water partition coefficient (Wildman–Crippen LogP) is 5.09. The third kappa shape index (κ3) is 5.69. The van der Waals surface area contributed by atoms with Crippen LogP contribution in [-0.4, -0.2) is 29.5 Å². The molecule has 2 amide bonds. The van der Waals surface area contributed by atoms with E-state index >= 15 is 0 Å². The highest BCUT2D eigenvalue weighted by Crippen LogP contribution is 2.34. The van der Waals surface area contributed by atoms with Gasteiger partial charge in [-0.1, -0.05) is 12.1 Å². The molecule has 1 aromatic heterocycles. The number of alkyl halides is 3. The van der Waals surface area contributed by atoms with E-state index in [1.807, 2.05) is 36.6 Å². The van der Waals surface area contributed by atoms with E-state index in [-0.39, 0.29) is 12.2 Å². The number of phenols is 1. The second-order valence-corrected chi connectivity index (χ2v) is 7.25. The zero-order valence-electron chi connectivity index (χ0n) is 18.2. The van der Waals surface area contributed by atoms with Gasteiger partial charge in [-0.3, -0.25) is 9.59 Å². The number of benzene rings is 3. The first-order valence-electron chi connectivity index (χ1n) is 10.0. The summed E-state index contributed by atoms with van der Waals surface area (Å²) in [6.45, 7) is 0. The summed E-state index contributed by atoms with van der Waals surface area (Å²) in [5, 5.41) is 15.3. The van der Waals surface area contributed by atoms with Gasteiger partial charge in [0, 0.05) is 29.8 Å². The van der Waals surface area contributed by atoms with Crippen molar-refractivity contribution in [2.24, 2.45) is 5.73 Å². The third-order valence-corrected chi connectivity index (χ3v) is 5.00. The number of aromatic amines is 1. The quantitative estimate of drug-likeness (QED) is 0.198. The summed E-state index contributed by atoms with van der Waals surface area (Å²) in [7, 11) is 1.85. The summed E-state index contributed by atoms with van der Waals surface area (Å²) in [5.41, 5.74) is 7.60. The Hall–Kier alpha value is -4.54. The van der Waals surface area contributed by atoms with Gasteiger partial charge in [0.15, 0.2) is 0 Å². The fraction of sp³-hybridized carbons (Fsp3) is 0.0833. The van der Waals surface area contributed by atoms with Crippen molar-refractivity contribution in [1.29, 1.82) is 0 Å². The number of rotatable bonds is 5. The number of fused-ring (bicyclic) bond motifs is 1. The van der Waals surface area contributed by atoms with Crippen LogP contribution in [0.1, 0.15) is 16.1 Å². The molecule has 6 N–H and O–H groups in total. The van der Waals surface area contributed by atoms with Crippen molar-refractivity contribution in [3.8, 4) is 16.9 Å². The number of primary amides is 1. The first-order chi connectivity index (χ1) is 16.5. The number of carbonyl (C=O) groups excluding carboxylic acids is 2. The molecule has 0 spiro atoms. The molecule has 35 heavy (non-hydrogen) atoms. The van der Waals surface area contributed by atoms with Gasteiger partial charge < -0.3 is 26.5 Å². The van der Waals surface area contributed by atoms with Crippen LogP contribution in [0.15, 0.2) is 60.7 Å². The van der Waals surface area contributed by atoms with Crippen molar-refractivity contribution >= 4 is 34.6 Å². The zero-order chi connectivity index (χ0) is 25.8. The Morgan fingerprint density at radius 3 is 2.31 bits per heavy atom. The summed E-state index contributed by atoms with van der Waals surface area (Å²) in [4.78, 5) is 24.6. The molecule has 1 heterocycles. The molecule has 0 atom stereocenters. The summed E-state index contributed by atoms with van der Waals surface area (Å²) in [6, 6.07) is 14.4. The van der Waals surface area contributed by atoms with Crippen molar-refractivity contribution in [2.45, 2.75) is 6.18 Å². The first-order valence-corrected chi connectivity index (χ1v) is 10.0. The monoisotopic (exact) mass is 488 g/mol. The number of halogens is 4. The number of nitrogens with two attached hydrogens (primary N) is 1. The number of hydrogen-bond acceptors (Lipinski definition) is 4. The van der Waals surface area contributed by atoms with Gasteiger partial charge in [0.05, 0.1) is 16.8 Å². The van der Waals surface area contributed by atoms with Crippen LogP contribution in [0.4, 0.5) is 28.9 Å². The minimum atomic E-state index is -4.55. The highest BCUT2D eigenvalue weighted by atomic mass is 19.4. The number of nitrogens with one attached hydrogen (secondary N) is 3. The second-order valence-electron chi connectivity index (χ2n) is 7.25. The molecule has 0 bridgehead atoms. The molecule has 0 saturated heterocycles. The first kappa shape index (κ1) is 25.1. The maximum absolute atomic E-state index is 12.8. The Labute approximate surface area is 196 Å². The van der Waals surface area contributed by atoms with E-state index in [0.717, 1.165) is 22.2 Å². The van der Waals surface area contributed by atoms with E-state index in [9.17, 15) is 32.3 Å². The largest absolute Gasteiger partial charge is 0.508 e. The van der Waals surface area contributed by atoms with Gasteiger partial charge >= 0.3 is 6.18 Å². The molecule has 0 radical (unpaired) electrons. The molecule has 0 aliphatic carbocycles. The van der Waals surface area contributed by atoms with Gasteiger partial charge in [0.1, 0.15) is 17.3 Å². The van der Waals surface area contributed by atoms with Crippen molar-refractivity contribution in [2.75, 3.05) is 17.7 Å². The molecular formula is C24H20F4N4O3. The maximum atomic E-state index is 12.8. The molecule has 0 saturated carbocycles. The van der Waals surface area contributed by atoms with Crippen molar-refractivity contribution in [3.63, 3.8) is 0 Å². The van der Waals surface area contributed by atoms with E-state index in [2.05, 4.69) is 10.3 Å². The molecule has 0 aliphatic heterocycles. The highest BCUT2D eigenvalue weighted by molar-refractivity contribution is 6.09. The second kappa shape index (κ2) is 10.2. The molecule has 0 fully saturated rings. The van der Waals surface area contributed by atoms with Gasteiger partial charge in [-0.25, -0.2) is 4.39 Å². The topological polar surface area (TPSA) is 120 Å². The summed E-state index contributed by atoms with van der Waals surface area (Å²) in [6.07, 6.45) is -4.44. The van der Waals surface area contributed by atoms with Gasteiger partial charge in [0.25, 0.3) is 5.91 Å². The van der Waals surface area contributed by atoms with E-state index in [4.69, 9.17) is 5.73 Å². The van der Waals surface area contributed by atoms with Gasteiger partial charge in [-0.05, 0) is 48.0 Å². The Kier molecular flexibility index (Phi) is 7.28. The van der Waals surface area contributed by atoms with Crippen molar-refractivity contribution in [3.05, 3.63) is 77.7 Å². The normalized spacial score (nSPS) is 10.9. The number of phenolic OH excluding ortho intramolecular Hbond substituents is 1. The van der Waals surface area contributed by atoms with Crippen molar-refractivity contribution in [1.82, 2.24) is 4.98 Å². The number of H-pyrrole nitrogens is 1. The number of amides is 2. The summed E-state index contributed by atoms with van der Waals surface area (Å²) >= 11 is 0. The van der Waals surface area contributed by atoms with Crippen LogP contribution in [0.2, 0.25) is 0 Å². The minimum Gasteiger partial charge on any atom is -0.508 e. The lowest BCUT2D eigenvalue weighted by molar-refractivity contribution is -0.137. The number of carbonyl (C=O) groups is 2. The SMILES string of the molecule is CNc1ccc(-c2c(C(N)=O)[nH]c3cc(O)ccc23)cc1.O=CNc1cc(C(F)(F)F)ccc1F. The summed E-state index contributed by atoms with van der Waals surface area (Å²) in [5.74, 6) is -1.31. The molecule has 0 unspecified atom stereocenters. The van der Waals surface area contributed by atoms with E-state index in [1.54, 1.807) is 18.2 Å². The van der Waals surface area contributed by atoms with Gasteiger partial charge in [-0.2, -0.15) is 13.2 Å². The fourth-order valence-electron chi connectivity index (χ4n) is 3.35. The van der Waals surface area contributed by atoms with Crippen molar-refractivity contribution < 1.29 is 32.3 Å². The van der Waals surface area contributed by atoms with E-state index in [0.29, 0.717) is 29.4 Å². The Morgan fingerprint density at radius 1 is 1.06 bits per heavy atom. The highest BCUT2D eigenvalue weighted by Gasteiger charge is 2.31. The summed E-state index contributed by atoms with van der Waals surface area (Å²) < 4.78 is 49.1. The maximum Gasteiger partial charge on any atom is 0.416 e. The van der Waals surface area contributed by atoms with Gasteiger partial charge in [0.2, 0.25) is 6.41 Å². The van der Waals surface area contributed by atoms with Crippen LogP contribution in [0.5, 0.6) is 5.75 Å². The van der Waals surface area contributed by atoms with Crippen LogP contribution in [0.25, 0.3) is 22.0 Å². The predicted molar refractivity (Wildman–Crippen MR) is 125 cm³/mol. The molecule has 0 aliphatic rings.